The lowest BCUT2D eigenvalue weighted by Crippen LogP contribution is -2.23. The second-order valence-corrected chi connectivity index (χ2v) is 6.42. The summed E-state index contributed by atoms with van der Waals surface area (Å²) in [4.78, 5) is 12.8. The van der Waals surface area contributed by atoms with E-state index in [-0.39, 0.29) is 23.6 Å². The van der Waals surface area contributed by atoms with Crippen molar-refractivity contribution in [2.24, 2.45) is 0 Å². The molecule has 142 valence electrons. The van der Waals surface area contributed by atoms with Crippen molar-refractivity contribution < 1.29 is 13.6 Å². The van der Waals surface area contributed by atoms with Crippen LogP contribution in [0, 0.1) is 18.6 Å². The molecule has 0 unspecified atom stereocenters. The highest BCUT2D eigenvalue weighted by Gasteiger charge is 2.21. The third-order valence-electron chi connectivity index (χ3n) is 4.60. The molecule has 0 atom stereocenters. The van der Waals surface area contributed by atoms with Crippen LogP contribution in [0.1, 0.15) is 36.1 Å². The molecule has 0 aromatic heterocycles. The third kappa shape index (κ3) is 5.13. The van der Waals surface area contributed by atoms with Crippen LogP contribution in [0.25, 0.3) is 0 Å². The predicted molar refractivity (Wildman–Crippen MR) is 105 cm³/mol. The molecule has 0 N–H and O–H groups in total. The van der Waals surface area contributed by atoms with Gasteiger partial charge in [-0.3, -0.25) is 4.79 Å². The van der Waals surface area contributed by atoms with E-state index in [2.05, 4.69) is 44.7 Å². The zero-order valence-corrected chi connectivity index (χ0v) is 16.1. The first-order valence-corrected chi connectivity index (χ1v) is 9.07. The van der Waals surface area contributed by atoms with Crippen LogP contribution < -0.4 is 0 Å². The number of amides is 1. The van der Waals surface area contributed by atoms with E-state index in [9.17, 15) is 13.6 Å². The average Bonchev–Trinajstić information content (AvgIpc) is 3.00. The number of carbonyl (C=O) groups is 1. The van der Waals surface area contributed by atoms with Crippen molar-refractivity contribution in [3.8, 4) is 0 Å². The number of nitrogens with zero attached hydrogens (tertiary/aromatic N) is 1. The van der Waals surface area contributed by atoms with E-state index in [1.807, 2.05) is 0 Å². The van der Waals surface area contributed by atoms with Gasteiger partial charge in [0.2, 0.25) is 0 Å². The maximum atomic E-state index is 13.7. The van der Waals surface area contributed by atoms with Gasteiger partial charge in [-0.15, -0.1) is 0 Å². The summed E-state index contributed by atoms with van der Waals surface area (Å²) in [6, 6.07) is 11.4. The molecule has 2 nitrogen and oxygen atoms in total. The first-order valence-electron chi connectivity index (χ1n) is 9.07. The Hall–Kier alpha value is -2.75. The Bertz CT molecular complexity index is 812. The van der Waals surface area contributed by atoms with Crippen molar-refractivity contribution in [2.45, 2.75) is 40.2 Å². The second kappa shape index (κ2) is 9.26. The van der Waals surface area contributed by atoms with Gasteiger partial charge in [0, 0.05) is 22.9 Å². The minimum absolute atomic E-state index is 0.0345. The van der Waals surface area contributed by atoms with Crippen molar-refractivity contribution in [3.63, 3.8) is 0 Å². The number of rotatable bonds is 4. The largest absolute Gasteiger partial charge is 0.305 e. The van der Waals surface area contributed by atoms with Crippen LogP contribution in [0.3, 0.4) is 0 Å². The van der Waals surface area contributed by atoms with Crippen molar-refractivity contribution in [2.75, 3.05) is 0 Å². The molecule has 1 aliphatic rings. The fourth-order valence-electron chi connectivity index (χ4n) is 2.69. The SMILES string of the molecule is C=C1C=CC(=O)N1Cc1ccc(F)c(C)c1F.CCc1ccc(CC)cc1. The van der Waals surface area contributed by atoms with Crippen LogP contribution >= 0.6 is 0 Å². The van der Waals surface area contributed by atoms with Crippen molar-refractivity contribution in [1.29, 1.82) is 0 Å². The number of allylic oxidation sites excluding steroid dienone is 1. The number of aryl methyl sites for hydroxylation is 2. The summed E-state index contributed by atoms with van der Waals surface area (Å²) in [5.74, 6) is -1.44. The predicted octanol–water partition coefficient (Wildman–Crippen LogP) is 5.50. The van der Waals surface area contributed by atoms with E-state index in [0.29, 0.717) is 5.70 Å². The fraction of sp³-hybridized carbons (Fsp3) is 0.261. The summed E-state index contributed by atoms with van der Waals surface area (Å²) in [5, 5.41) is 0. The molecule has 3 rings (SSSR count). The Kier molecular flexibility index (Phi) is 7.05. The molecule has 4 heteroatoms. The summed E-state index contributed by atoms with van der Waals surface area (Å²) in [7, 11) is 0. The normalized spacial score (nSPS) is 13.0. The van der Waals surface area contributed by atoms with Crippen molar-refractivity contribution in [3.05, 3.63) is 94.7 Å². The minimum Gasteiger partial charge on any atom is -0.305 e. The number of halogens is 2. The van der Waals surface area contributed by atoms with Crippen LogP contribution in [0.2, 0.25) is 0 Å². The molecule has 0 radical (unpaired) electrons. The quantitative estimate of drug-likeness (QED) is 0.697. The lowest BCUT2D eigenvalue weighted by molar-refractivity contribution is -0.123. The molecular formula is C23H25F2NO. The van der Waals surface area contributed by atoms with E-state index in [0.717, 1.165) is 12.8 Å². The molecule has 0 fully saturated rings. The van der Waals surface area contributed by atoms with Gasteiger partial charge in [-0.25, -0.2) is 8.78 Å². The summed E-state index contributed by atoms with van der Waals surface area (Å²) < 4.78 is 26.8. The van der Waals surface area contributed by atoms with Crippen LogP contribution in [-0.4, -0.2) is 10.8 Å². The van der Waals surface area contributed by atoms with Gasteiger partial charge >= 0.3 is 0 Å². The molecule has 0 saturated heterocycles. The molecule has 27 heavy (non-hydrogen) atoms. The standard InChI is InChI=1S/C13H11F2NO.C10H14/c1-8-3-6-12(17)16(8)7-10-4-5-11(14)9(2)13(10)15;1-3-9-5-7-10(4-2)8-6-9/h3-6H,1,7H2,2H3;5-8H,3-4H2,1-2H3. The zero-order valence-electron chi connectivity index (χ0n) is 16.1. The van der Waals surface area contributed by atoms with Crippen LogP contribution in [0.15, 0.2) is 60.8 Å². The summed E-state index contributed by atoms with van der Waals surface area (Å²) in [6.45, 7) is 9.47. The summed E-state index contributed by atoms with van der Waals surface area (Å²) in [6.07, 6.45) is 5.22. The zero-order chi connectivity index (χ0) is 20.0. The van der Waals surface area contributed by atoms with Crippen LogP contribution in [-0.2, 0) is 24.2 Å². The van der Waals surface area contributed by atoms with E-state index in [1.165, 1.54) is 41.2 Å². The van der Waals surface area contributed by atoms with E-state index in [4.69, 9.17) is 0 Å². The molecule has 1 heterocycles. The number of hydrogen-bond acceptors (Lipinski definition) is 1. The number of carbonyl (C=O) groups excluding carboxylic acids is 1. The highest BCUT2D eigenvalue weighted by Crippen LogP contribution is 2.21. The Balaban J connectivity index is 0.000000223. The average molecular weight is 369 g/mol. The first kappa shape index (κ1) is 20.6. The van der Waals surface area contributed by atoms with Gasteiger partial charge in [0.05, 0.1) is 6.54 Å². The van der Waals surface area contributed by atoms with Crippen molar-refractivity contribution in [1.82, 2.24) is 4.90 Å². The number of benzene rings is 2. The lowest BCUT2D eigenvalue weighted by Gasteiger charge is -2.18. The van der Waals surface area contributed by atoms with Gasteiger partial charge in [-0.1, -0.05) is 50.8 Å². The molecule has 0 aliphatic carbocycles. The van der Waals surface area contributed by atoms with E-state index >= 15 is 0 Å². The van der Waals surface area contributed by atoms with Gasteiger partial charge in [0.1, 0.15) is 11.6 Å². The maximum Gasteiger partial charge on any atom is 0.251 e. The molecular weight excluding hydrogens is 344 g/mol. The fourth-order valence-corrected chi connectivity index (χ4v) is 2.69. The van der Waals surface area contributed by atoms with E-state index < -0.39 is 11.6 Å². The highest BCUT2D eigenvalue weighted by molar-refractivity contribution is 5.92. The molecule has 0 spiro atoms. The highest BCUT2D eigenvalue weighted by atomic mass is 19.1. The third-order valence-corrected chi connectivity index (χ3v) is 4.60. The Morgan fingerprint density at radius 3 is 1.93 bits per heavy atom. The van der Waals surface area contributed by atoms with Gasteiger partial charge in [0.15, 0.2) is 0 Å². The molecule has 1 amide bonds. The lowest BCUT2D eigenvalue weighted by atomic mass is 10.1. The number of hydrogen-bond donors (Lipinski definition) is 0. The van der Waals surface area contributed by atoms with Gasteiger partial charge in [0.25, 0.3) is 5.91 Å². The maximum absolute atomic E-state index is 13.7. The Labute approximate surface area is 159 Å². The van der Waals surface area contributed by atoms with Gasteiger partial charge < -0.3 is 4.90 Å². The molecule has 1 aliphatic heterocycles. The molecule has 0 bridgehead atoms. The minimum atomic E-state index is -0.613. The second-order valence-electron chi connectivity index (χ2n) is 6.42. The first-order chi connectivity index (χ1) is 12.9. The van der Waals surface area contributed by atoms with Crippen LogP contribution in [0.5, 0.6) is 0 Å². The van der Waals surface area contributed by atoms with Crippen LogP contribution in [0.4, 0.5) is 8.78 Å². The van der Waals surface area contributed by atoms with E-state index in [1.54, 1.807) is 6.08 Å². The Morgan fingerprint density at radius 2 is 1.48 bits per heavy atom. The topological polar surface area (TPSA) is 20.3 Å². The molecule has 2 aromatic carbocycles. The summed E-state index contributed by atoms with van der Waals surface area (Å²) >= 11 is 0. The molecule has 2 aromatic rings. The van der Waals surface area contributed by atoms with Gasteiger partial charge in [-0.05, 0) is 43.0 Å². The Morgan fingerprint density at radius 1 is 0.926 bits per heavy atom. The monoisotopic (exact) mass is 369 g/mol. The molecule has 0 saturated carbocycles. The smallest absolute Gasteiger partial charge is 0.251 e. The summed E-state index contributed by atoms with van der Waals surface area (Å²) in [5.41, 5.74) is 3.61. The van der Waals surface area contributed by atoms with Gasteiger partial charge in [-0.2, -0.15) is 0 Å². The van der Waals surface area contributed by atoms with Crippen molar-refractivity contribution >= 4 is 5.91 Å².